The maximum absolute atomic E-state index is 11.6. The molecule has 1 saturated heterocycles. The highest BCUT2D eigenvalue weighted by Gasteiger charge is 2.29. The topological polar surface area (TPSA) is 88.9 Å². The number of quaternary nitrogens is 1. The van der Waals surface area contributed by atoms with Crippen molar-refractivity contribution in [2.75, 3.05) is 33.3 Å². The van der Waals surface area contributed by atoms with Crippen LogP contribution in [0.4, 0.5) is 4.79 Å². The molecule has 7 nitrogen and oxygen atoms in total. The summed E-state index contributed by atoms with van der Waals surface area (Å²) in [5.74, 6) is -0.525. The number of amides is 3. The molecule has 19 heavy (non-hydrogen) atoms. The highest BCUT2D eigenvalue weighted by atomic mass is 16.5. The Balaban J connectivity index is 2.27. The van der Waals surface area contributed by atoms with Crippen molar-refractivity contribution in [3.8, 4) is 0 Å². The van der Waals surface area contributed by atoms with Gasteiger partial charge in [0.1, 0.15) is 0 Å². The van der Waals surface area contributed by atoms with Gasteiger partial charge in [-0.2, -0.15) is 0 Å². The molecular formula is C12H22N3O4+. The summed E-state index contributed by atoms with van der Waals surface area (Å²) in [5.41, 5.74) is 0. The zero-order chi connectivity index (χ0) is 14.3. The molecule has 0 atom stereocenters. The predicted molar refractivity (Wildman–Crippen MR) is 67.5 cm³/mol. The number of ether oxygens (including phenoxy) is 1. The Morgan fingerprint density at radius 3 is 2.42 bits per heavy atom. The van der Waals surface area contributed by atoms with Crippen molar-refractivity contribution in [3.63, 3.8) is 0 Å². The predicted octanol–water partition coefficient (Wildman–Crippen LogP) is -1.70. The number of methoxy groups -OCH3 is 1. The molecular weight excluding hydrogens is 250 g/mol. The zero-order valence-electron chi connectivity index (χ0n) is 11.5. The molecule has 7 heteroatoms. The number of esters is 1. The van der Waals surface area contributed by atoms with Crippen molar-refractivity contribution in [3.05, 3.63) is 0 Å². The second-order valence-electron chi connectivity index (χ2n) is 4.63. The molecule has 0 saturated carbocycles. The van der Waals surface area contributed by atoms with Crippen LogP contribution in [0.2, 0.25) is 0 Å². The molecule has 1 aliphatic rings. The lowest BCUT2D eigenvalue weighted by Gasteiger charge is -2.27. The van der Waals surface area contributed by atoms with Gasteiger partial charge < -0.3 is 15.0 Å². The van der Waals surface area contributed by atoms with E-state index >= 15 is 0 Å². The van der Waals surface area contributed by atoms with Crippen LogP contribution in [0.5, 0.6) is 0 Å². The van der Waals surface area contributed by atoms with Gasteiger partial charge in [-0.05, 0) is 6.92 Å². The first-order chi connectivity index (χ1) is 9.06. The molecule has 1 aliphatic heterocycles. The van der Waals surface area contributed by atoms with E-state index < -0.39 is 6.03 Å². The van der Waals surface area contributed by atoms with Crippen LogP contribution < -0.4 is 15.5 Å². The molecule has 3 amide bonds. The second kappa shape index (κ2) is 7.73. The number of hydrogen-bond donors (Lipinski definition) is 3. The van der Waals surface area contributed by atoms with Gasteiger partial charge in [0, 0.05) is 19.4 Å². The number of hydrogen-bond acceptors (Lipinski definition) is 4. The van der Waals surface area contributed by atoms with Crippen LogP contribution in [0.25, 0.3) is 0 Å². The van der Waals surface area contributed by atoms with Crippen molar-refractivity contribution >= 4 is 17.9 Å². The molecule has 0 aromatic rings. The van der Waals surface area contributed by atoms with E-state index in [0.717, 1.165) is 30.8 Å². The van der Waals surface area contributed by atoms with Crippen LogP contribution in [0.15, 0.2) is 0 Å². The number of nitrogens with one attached hydrogen (secondary N) is 3. The maximum atomic E-state index is 11.6. The number of piperidine rings is 1. The number of carbonyl (C=O) groups is 3. The lowest BCUT2D eigenvalue weighted by molar-refractivity contribution is -0.897. The first-order valence-corrected chi connectivity index (χ1v) is 6.55. The van der Waals surface area contributed by atoms with Gasteiger partial charge in [0.05, 0.1) is 26.1 Å². The molecule has 0 spiro atoms. The number of likely N-dealkylation sites (tertiary alicyclic amines) is 1. The molecule has 0 unspecified atom stereocenters. The fraction of sp³-hybridized carbons (Fsp3) is 0.750. The summed E-state index contributed by atoms with van der Waals surface area (Å²) in [7, 11) is 1.39. The SMILES string of the molecule is CCNC(=O)NC(=O)C[NH+]1CCC(C(=O)OC)CC1. The van der Waals surface area contributed by atoms with Gasteiger partial charge in [-0.15, -0.1) is 0 Å². The fourth-order valence-corrected chi connectivity index (χ4v) is 2.21. The second-order valence-corrected chi connectivity index (χ2v) is 4.63. The largest absolute Gasteiger partial charge is 0.469 e. The lowest BCUT2D eigenvalue weighted by Crippen LogP contribution is -3.14. The fourth-order valence-electron chi connectivity index (χ4n) is 2.21. The summed E-state index contributed by atoms with van der Waals surface area (Å²) in [4.78, 5) is 35.2. The van der Waals surface area contributed by atoms with Crippen LogP contribution in [0, 0.1) is 5.92 Å². The van der Waals surface area contributed by atoms with Gasteiger partial charge in [0.25, 0.3) is 5.91 Å². The highest BCUT2D eigenvalue weighted by Crippen LogP contribution is 2.10. The molecule has 108 valence electrons. The van der Waals surface area contributed by atoms with Crippen LogP contribution in [-0.2, 0) is 14.3 Å². The Labute approximate surface area is 112 Å². The summed E-state index contributed by atoms with van der Waals surface area (Å²) in [6.45, 7) is 4.00. The Morgan fingerprint density at radius 1 is 1.26 bits per heavy atom. The molecule has 1 fully saturated rings. The minimum atomic E-state index is -0.462. The van der Waals surface area contributed by atoms with E-state index in [0.29, 0.717) is 6.54 Å². The molecule has 0 aromatic heterocycles. The normalized spacial score (nSPS) is 22.4. The van der Waals surface area contributed by atoms with E-state index in [1.807, 2.05) is 0 Å². The van der Waals surface area contributed by atoms with Gasteiger partial charge in [0.2, 0.25) is 0 Å². The molecule has 1 rings (SSSR count). The van der Waals surface area contributed by atoms with Crippen molar-refractivity contribution < 1.29 is 24.0 Å². The first-order valence-electron chi connectivity index (χ1n) is 6.55. The van der Waals surface area contributed by atoms with Crippen molar-refractivity contribution in [1.29, 1.82) is 0 Å². The standard InChI is InChI=1S/C12H21N3O4/c1-3-13-12(18)14-10(16)8-15-6-4-9(5-7-15)11(17)19-2/h9H,3-8H2,1-2H3,(H2,13,14,16,18)/p+1. The quantitative estimate of drug-likeness (QED) is 0.532. The number of carbonyl (C=O) groups excluding carboxylic acids is 3. The number of rotatable bonds is 4. The van der Waals surface area contributed by atoms with E-state index in [9.17, 15) is 14.4 Å². The van der Waals surface area contributed by atoms with Crippen molar-refractivity contribution in [2.24, 2.45) is 5.92 Å². The van der Waals surface area contributed by atoms with Crippen LogP contribution in [0.1, 0.15) is 19.8 Å². The summed E-state index contributed by atoms with van der Waals surface area (Å²) in [5, 5.41) is 4.77. The first kappa shape index (κ1) is 15.4. The molecule has 1 heterocycles. The Hall–Kier alpha value is -1.63. The Morgan fingerprint density at radius 2 is 1.89 bits per heavy atom. The number of imide groups is 1. The van der Waals surface area contributed by atoms with Crippen molar-refractivity contribution in [1.82, 2.24) is 10.6 Å². The van der Waals surface area contributed by atoms with E-state index in [-0.39, 0.29) is 24.3 Å². The lowest BCUT2D eigenvalue weighted by atomic mass is 9.97. The van der Waals surface area contributed by atoms with E-state index in [4.69, 9.17) is 4.74 Å². The highest BCUT2D eigenvalue weighted by molar-refractivity contribution is 5.94. The summed E-state index contributed by atoms with van der Waals surface area (Å²) >= 11 is 0. The average molecular weight is 272 g/mol. The monoisotopic (exact) mass is 272 g/mol. The summed E-state index contributed by atoms with van der Waals surface area (Å²) < 4.78 is 4.71. The molecule has 0 radical (unpaired) electrons. The third-order valence-corrected chi connectivity index (χ3v) is 3.23. The third kappa shape index (κ3) is 5.25. The van der Waals surface area contributed by atoms with Gasteiger partial charge in [-0.3, -0.25) is 14.9 Å². The summed E-state index contributed by atoms with van der Waals surface area (Å²) in [6.07, 6.45) is 1.44. The van der Waals surface area contributed by atoms with E-state index in [1.165, 1.54) is 7.11 Å². The van der Waals surface area contributed by atoms with Crippen LogP contribution >= 0.6 is 0 Å². The smallest absolute Gasteiger partial charge is 0.321 e. The van der Waals surface area contributed by atoms with Crippen LogP contribution in [-0.4, -0.2) is 51.2 Å². The third-order valence-electron chi connectivity index (χ3n) is 3.23. The van der Waals surface area contributed by atoms with Gasteiger partial charge in [0.15, 0.2) is 6.54 Å². The van der Waals surface area contributed by atoms with Gasteiger partial charge in [-0.1, -0.05) is 0 Å². The van der Waals surface area contributed by atoms with Crippen LogP contribution in [0.3, 0.4) is 0 Å². The minimum Gasteiger partial charge on any atom is -0.469 e. The molecule has 3 N–H and O–H groups in total. The average Bonchev–Trinajstić information content (AvgIpc) is 2.38. The maximum Gasteiger partial charge on any atom is 0.321 e. The molecule has 0 aromatic carbocycles. The van der Waals surface area contributed by atoms with Crippen molar-refractivity contribution in [2.45, 2.75) is 19.8 Å². The Kier molecular flexibility index (Phi) is 6.27. The van der Waals surface area contributed by atoms with Gasteiger partial charge in [-0.25, -0.2) is 4.79 Å². The minimum absolute atomic E-state index is 0.0554. The van der Waals surface area contributed by atoms with E-state index in [2.05, 4.69) is 10.6 Å². The molecule has 0 bridgehead atoms. The Bertz CT molecular complexity index is 338. The number of urea groups is 1. The summed E-state index contributed by atoms with van der Waals surface area (Å²) in [6, 6.07) is -0.462. The van der Waals surface area contributed by atoms with Gasteiger partial charge >= 0.3 is 12.0 Å². The molecule has 0 aliphatic carbocycles. The zero-order valence-corrected chi connectivity index (χ0v) is 11.5. The van der Waals surface area contributed by atoms with E-state index in [1.54, 1.807) is 6.92 Å².